The van der Waals surface area contributed by atoms with Gasteiger partial charge in [0.25, 0.3) is 0 Å². The van der Waals surface area contributed by atoms with Crippen molar-refractivity contribution in [1.29, 1.82) is 0 Å². The van der Waals surface area contributed by atoms with Gasteiger partial charge in [0.15, 0.2) is 0 Å². The first-order chi connectivity index (χ1) is 56.7. The average Bonchev–Trinajstić information content (AvgIpc) is 1.58. The Morgan fingerprint density at radius 3 is 0.941 bits per heavy atom. The lowest BCUT2D eigenvalue weighted by Gasteiger charge is -2.36. The van der Waals surface area contributed by atoms with Gasteiger partial charge >= 0.3 is 71.6 Å². The number of ether oxygens (including phenoxy) is 15. The summed E-state index contributed by atoms with van der Waals surface area (Å²) in [6.07, 6.45) is 11.0. The lowest BCUT2D eigenvalue weighted by atomic mass is 9.74. The largest absolute Gasteiger partial charge is 0.465 e. The van der Waals surface area contributed by atoms with Crippen molar-refractivity contribution in [2.75, 3.05) is 60.0 Å². The molecule has 12 bridgehead atoms. The molecule has 119 heavy (non-hydrogen) atoms. The number of hydrogen-bond acceptors (Lipinski definition) is 27. The van der Waals surface area contributed by atoms with Gasteiger partial charge in [-0.15, -0.1) is 0 Å². The molecular weight excluding hydrogens is 1540 g/mol. The zero-order valence-electron chi connectivity index (χ0n) is 73.5. The second kappa shape index (κ2) is 36.8. The minimum Gasteiger partial charge on any atom is -0.465 e. The van der Waals surface area contributed by atoms with Gasteiger partial charge in [0, 0.05) is 109 Å². The van der Waals surface area contributed by atoms with Crippen LogP contribution < -0.4 is 0 Å². The summed E-state index contributed by atoms with van der Waals surface area (Å²) < 4.78 is 82.8. The molecule has 0 radical (unpaired) electrons. The van der Waals surface area contributed by atoms with Crippen LogP contribution in [0.1, 0.15) is 208 Å². The first kappa shape index (κ1) is 90.3. The van der Waals surface area contributed by atoms with Crippen LogP contribution >= 0.6 is 0 Å². The summed E-state index contributed by atoms with van der Waals surface area (Å²) in [7, 11) is 1.63. The van der Waals surface area contributed by atoms with Crippen molar-refractivity contribution in [1.82, 2.24) is 0 Å². The van der Waals surface area contributed by atoms with Crippen molar-refractivity contribution in [3.8, 4) is 0 Å². The molecule has 27 heteroatoms. The molecule has 12 saturated carbocycles. The third kappa shape index (κ3) is 16.9. The van der Waals surface area contributed by atoms with Crippen LogP contribution in [0.25, 0.3) is 0 Å². The van der Waals surface area contributed by atoms with E-state index in [1.807, 2.05) is 111 Å². The zero-order valence-corrected chi connectivity index (χ0v) is 73.5. The fraction of sp³-hybridized carbons (Fsp3) is 0.870. The van der Waals surface area contributed by atoms with E-state index in [1.54, 1.807) is 7.11 Å². The minimum absolute atomic E-state index is 0.00140. The standard InChI is InChI=1S/C17H26O5.C16H24O5.C15H22O5.2C15H22O4.C14H20O4/c1-5-17(3,4)16(19)22-14-9-7-10(13(14)20-6-2)12-11(9)8-21-15(12)18;1-4-8(3)15(17)21-14-9-6-10(13(14)19-5-2)12-11(9)7-20-16(12)18;1-4-7(2)14(16)20-13-8-5-9(12(13)18-3)11-10(8)6-19-15(11)17;1-4-15(2,3)14(17)19-11-6-8-5-9(11)12-10(8)7-18-13(12)16;1-4-7(2)14(16)19-13-8(3)9-5-10(13)11-6-18-15(17)12(9)11;1-3-7(2)13(15)18-11-5-8-4-9(11)12-10(8)6-17-14(12)16/h9-14H,5-8H2,1-4H3;8-14H,4-7H2,1-3H3;7-13H,4-6H2,1-3H3;8-12H,4-7H2,1-3H3;7-13H,4-6H2,1-3H3;7-12H,3-6H2,1-2H3. The van der Waals surface area contributed by atoms with Crippen molar-refractivity contribution in [2.45, 2.75) is 263 Å². The number of methoxy groups -OCH3 is 1. The fourth-order valence-corrected chi connectivity index (χ4v) is 24.6. The third-order valence-electron chi connectivity index (χ3n) is 33.0. The molecule has 0 amide bonds. The first-order valence-electron chi connectivity index (χ1n) is 45.7. The maximum absolute atomic E-state index is 12.5. The molecule has 0 N–H and O–H groups in total. The number of hydrogen-bond donors (Lipinski definition) is 0. The van der Waals surface area contributed by atoms with Crippen LogP contribution in [-0.2, 0) is 129 Å². The Morgan fingerprint density at radius 1 is 0.319 bits per heavy atom. The molecule has 18 aliphatic rings. The molecule has 0 aromatic heterocycles. The Balaban J connectivity index is 0.000000124. The van der Waals surface area contributed by atoms with Crippen molar-refractivity contribution < 1.29 is 129 Å². The lowest BCUT2D eigenvalue weighted by Crippen LogP contribution is -2.47. The molecule has 0 spiro atoms. The van der Waals surface area contributed by atoms with Crippen LogP contribution in [0.15, 0.2) is 0 Å². The van der Waals surface area contributed by atoms with Crippen molar-refractivity contribution >= 4 is 71.6 Å². The Bertz CT molecular complexity index is 3740. The number of carbonyl (C=O) groups excluding carboxylic acids is 12. The predicted molar refractivity (Wildman–Crippen MR) is 422 cm³/mol. The van der Waals surface area contributed by atoms with Crippen LogP contribution in [0, 0.1) is 182 Å². The molecule has 27 nitrogen and oxygen atoms in total. The lowest BCUT2D eigenvalue weighted by molar-refractivity contribution is -0.176. The van der Waals surface area contributed by atoms with E-state index >= 15 is 0 Å². The summed E-state index contributed by atoms with van der Waals surface area (Å²) in [4.78, 5) is 143. The summed E-state index contributed by atoms with van der Waals surface area (Å²) >= 11 is 0. The second-order valence-corrected chi connectivity index (χ2v) is 39.6. The SMILES string of the molecule is CCC(C)(C)C(=O)OC1CC2CC1C1C(=O)OCC21.CCC(C)C(=O)OC1C(C)C2CC1C1COC(=O)C21.CCC(C)C(=O)OC1C2CC(C1OC)C1C(=O)OCC21.CCC(C)C(=O)OC1CC2CC1C1C(=O)OCC21.CCOC1C2CC(C3COC(=O)C32)C1OC(=O)C(C)(C)CC.CCOC1C2CC(C3COC(=O)C32)C1OC(=O)C(C)CC. The second-order valence-electron chi connectivity index (χ2n) is 39.6. The van der Waals surface area contributed by atoms with E-state index < -0.39 is 10.8 Å². The Kier molecular flexibility index (Phi) is 27.9. The van der Waals surface area contributed by atoms with Gasteiger partial charge in [-0.3, -0.25) is 57.5 Å². The van der Waals surface area contributed by atoms with Crippen molar-refractivity contribution in [3.63, 3.8) is 0 Å². The monoisotopic (exact) mass is 1670 g/mol. The molecule has 12 aliphatic carbocycles. The molecule has 0 aromatic carbocycles. The minimum atomic E-state index is -0.486. The van der Waals surface area contributed by atoms with Crippen LogP contribution in [0.5, 0.6) is 0 Å². The van der Waals surface area contributed by atoms with E-state index in [1.165, 1.54) is 0 Å². The molecule has 6 aliphatic heterocycles. The average molecular weight is 1670 g/mol. The Hall–Kier alpha value is -6.48. The zero-order chi connectivity index (χ0) is 86.0. The molecule has 18 fully saturated rings. The summed E-state index contributed by atoms with van der Waals surface area (Å²) in [5.74, 6) is 3.38. The summed E-state index contributed by atoms with van der Waals surface area (Å²) in [6, 6.07) is 0. The smallest absolute Gasteiger partial charge is 0.311 e. The van der Waals surface area contributed by atoms with Gasteiger partial charge in [-0.1, -0.05) is 76.2 Å². The van der Waals surface area contributed by atoms with Gasteiger partial charge in [0.1, 0.15) is 36.6 Å². The van der Waals surface area contributed by atoms with Crippen molar-refractivity contribution in [2.24, 2.45) is 182 Å². The number of esters is 12. The Labute approximate surface area is 702 Å². The quantitative estimate of drug-likeness (QED) is 0.0677. The highest BCUT2D eigenvalue weighted by molar-refractivity contribution is 5.81. The number of fused-ring (bicyclic) bond motifs is 30. The first-order valence-corrected chi connectivity index (χ1v) is 45.7. The molecule has 666 valence electrons. The number of carbonyl (C=O) groups is 12. The van der Waals surface area contributed by atoms with E-state index in [9.17, 15) is 57.5 Å². The van der Waals surface area contributed by atoms with Gasteiger partial charge in [-0.2, -0.15) is 0 Å². The third-order valence-corrected chi connectivity index (χ3v) is 33.0. The molecule has 38 atom stereocenters. The van der Waals surface area contributed by atoms with Gasteiger partial charge in [0.05, 0.1) is 128 Å². The van der Waals surface area contributed by atoms with E-state index in [4.69, 9.17) is 71.1 Å². The predicted octanol–water partition coefficient (Wildman–Crippen LogP) is 11.3. The fourth-order valence-electron chi connectivity index (χ4n) is 24.6. The van der Waals surface area contributed by atoms with E-state index in [-0.39, 0.29) is 263 Å². The normalized spacial score (nSPS) is 42.0. The van der Waals surface area contributed by atoms with Crippen LogP contribution in [0.2, 0.25) is 0 Å². The molecule has 38 unspecified atom stereocenters. The topological polar surface area (TPSA) is 343 Å². The molecule has 6 saturated heterocycles. The van der Waals surface area contributed by atoms with Gasteiger partial charge in [-0.25, -0.2) is 0 Å². The highest BCUT2D eigenvalue weighted by Crippen LogP contribution is 2.63. The summed E-state index contributed by atoms with van der Waals surface area (Å²) in [5.41, 5.74) is -0.919. The van der Waals surface area contributed by atoms with E-state index in [0.717, 1.165) is 89.9 Å². The molecular formula is C92H136O27. The number of rotatable bonds is 23. The molecule has 6 heterocycles. The van der Waals surface area contributed by atoms with Gasteiger partial charge in [0.2, 0.25) is 0 Å². The van der Waals surface area contributed by atoms with Crippen LogP contribution in [0.4, 0.5) is 0 Å². The summed E-state index contributed by atoms with van der Waals surface area (Å²) in [5, 5.41) is 0. The van der Waals surface area contributed by atoms with E-state index in [2.05, 4.69) is 6.92 Å². The van der Waals surface area contributed by atoms with Gasteiger partial charge < -0.3 is 71.1 Å². The Morgan fingerprint density at radius 2 is 0.597 bits per heavy atom. The molecule has 18 rings (SSSR count). The molecule has 0 aromatic rings. The maximum Gasteiger partial charge on any atom is 0.311 e. The van der Waals surface area contributed by atoms with Gasteiger partial charge in [-0.05, 0) is 155 Å². The van der Waals surface area contributed by atoms with Crippen molar-refractivity contribution in [3.05, 3.63) is 0 Å². The maximum atomic E-state index is 12.5. The van der Waals surface area contributed by atoms with Crippen LogP contribution in [0.3, 0.4) is 0 Å². The highest BCUT2D eigenvalue weighted by atomic mass is 16.6. The number of cyclic esters (lactones) is 6. The highest BCUT2D eigenvalue weighted by Gasteiger charge is 2.70. The van der Waals surface area contributed by atoms with E-state index in [0.29, 0.717) is 88.4 Å². The van der Waals surface area contributed by atoms with Crippen LogP contribution in [-0.4, -0.2) is 187 Å². The summed E-state index contributed by atoms with van der Waals surface area (Å²) in [6.45, 7) is 37.3.